The highest BCUT2D eigenvalue weighted by atomic mass is 16.6. The maximum Gasteiger partial charge on any atom is 0.118 e. The van der Waals surface area contributed by atoms with Crippen molar-refractivity contribution in [2.75, 3.05) is 0 Å². The van der Waals surface area contributed by atoms with Crippen LogP contribution in [0.25, 0.3) is 21.5 Å². The highest BCUT2D eigenvalue weighted by Crippen LogP contribution is 2.53. The number of benzene rings is 3. The van der Waals surface area contributed by atoms with Gasteiger partial charge in [0.2, 0.25) is 0 Å². The zero-order chi connectivity index (χ0) is 14.1. The molecule has 3 aromatic carbocycles. The molecule has 0 bridgehead atoms. The van der Waals surface area contributed by atoms with E-state index < -0.39 is 12.2 Å². The number of ether oxygens (including phenoxy) is 1. The molecule has 3 nitrogen and oxygen atoms in total. The summed E-state index contributed by atoms with van der Waals surface area (Å²) >= 11 is 0. The molecule has 3 heteroatoms. The molecule has 0 saturated carbocycles. The molecule has 4 unspecified atom stereocenters. The first kappa shape index (κ1) is 11.7. The number of aliphatic hydroxyl groups is 2. The number of hydrogen-bond acceptors (Lipinski definition) is 3. The summed E-state index contributed by atoms with van der Waals surface area (Å²) in [5.41, 5.74) is 1.84. The molecular weight excluding hydrogens is 264 g/mol. The van der Waals surface area contributed by atoms with Crippen molar-refractivity contribution in [3.05, 3.63) is 59.7 Å². The Labute approximate surface area is 121 Å². The number of epoxide rings is 1. The summed E-state index contributed by atoms with van der Waals surface area (Å²) in [6, 6.07) is 16.5. The number of fused-ring (bicyclic) bond motifs is 6. The molecule has 0 spiro atoms. The molecule has 0 amide bonds. The minimum absolute atomic E-state index is 0.0803. The largest absolute Gasteiger partial charge is 0.387 e. The van der Waals surface area contributed by atoms with Crippen molar-refractivity contribution in [3.8, 4) is 0 Å². The van der Waals surface area contributed by atoms with Gasteiger partial charge >= 0.3 is 0 Å². The van der Waals surface area contributed by atoms with E-state index in [1.165, 1.54) is 10.8 Å². The van der Waals surface area contributed by atoms with E-state index in [2.05, 4.69) is 24.3 Å². The first-order valence-corrected chi connectivity index (χ1v) is 7.21. The van der Waals surface area contributed by atoms with Crippen molar-refractivity contribution >= 4 is 21.5 Å². The predicted molar refractivity (Wildman–Crippen MR) is 80.0 cm³/mol. The summed E-state index contributed by atoms with van der Waals surface area (Å²) < 4.78 is 5.60. The van der Waals surface area contributed by atoms with Crippen LogP contribution in [0.3, 0.4) is 0 Å². The van der Waals surface area contributed by atoms with E-state index >= 15 is 0 Å². The molecule has 2 N–H and O–H groups in total. The van der Waals surface area contributed by atoms with Crippen molar-refractivity contribution in [1.29, 1.82) is 0 Å². The fourth-order valence-corrected chi connectivity index (χ4v) is 3.61. The van der Waals surface area contributed by atoms with Crippen LogP contribution in [0.15, 0.2) is 48.5 Å². The molecule has 1 aliphatic carbocycles. The van der Waals surface area contributed by atoms with Gasteiger partial charge in [0, 0.05) is 0 Å². The zero-order valence-electron chi connectivity index (χ0n) is 11.2. The minimum atomic E-state index is -0.861. The molecule has 0 radical (unpaired) electrons. The Hall–Kier alpha value is -1.94. The lowest BCUT2D eigenvalue weighted by atomic mass is 9.84. The van der Waals surface area contributed by atoms with Crippen molar-refractivity contribution in [1.82, 2.24) is 0 Å². The molecule has 1 heterocycles. The van der Waals surface area contributed by atoms with E-state index in [0.29, 0.717) is 0 Å². The Morgan fingerprint density at radius 1 is 0.857 bits per heavy atom. The van der Waals surface area contributed by atoms with E-state index in [-0.39, 0.29) is 12.2 Å². The summed E-state index contributed by atoms with van der Waals surface area (Å²) in [7, 11) is 0. The first-order chi connectivity index (χ1) is 10.2. The van der Waals surface area contributed by atoms with Crippen LogP contribution in [0.5, 0.6) is 0 Å². The molecule has 1 saturated heterocycles. The molecule has 4 atom stereocenters. The van der Waals surface area contributed by atoms with E-state index in [1.54, 1.807) is 0 Å². The van der Waals surface area contributed by atoms with Gasteiger partial charge in [-0.1, -0.05) is 36.4 Å². The van der Waals surface area contributed by atoms with Crippen molar-refractivity contribution in [3.63, 3.8) is 0 Å². The molecule has 2 aliphatic rings. The lowest BCUT2D eigenvalue weighted by molar-refractivity contribution is 0.000106. The molecule has 1 fully saturated rings. The van der Waals surface area contributed by atoms with Crippen LogP contribution in [0.1, 0.15) is 23.3 Å². The zero-order valence-corrected chi connectivity index (χ0v) is 11.2. The van der Waals surface area contributed by atoms with Crippen molar-refractivity contribution in [2.45, 2.75) is 24.4 Å². The van der Waals surface area contributed by atoms with Gasteiger partial charge in [-0.3, -0.25) is 0 Å². The molecule has 21 heavy (non-hydrogen) atoms. The second kappa shape index (κ2) is 3.83. The van der Waals surface area contributed by atoms with Gasteiger partial charge in [0.25, 0.3) is 0 Å². The summed E-state index contributed by atoms with van der Waals surface area (Å²) in [5.74, 6) is 0. The fraction of sp³-hybridized carbons (Fsp3) is 0.222. The normalized spacial score (nSPS) is 30.2. The third-order valence-electron chi connectivity index (χ3n) is 4.75. The van der Waals surface area contributed by atoms with Gasteiger partial charge in [-0.25, -0.2) is 0 Å². The third-order valence-corrected chi connectivity index (χ3v) is 4.75. The van der Waals surface area contributed by atoms with Crippen molar-refractivity contribution < 1.29 is 14.9 Å². The van der Waals surface area contributed by atoms with E-state index in [9.17, 15) is 10.2 Å². The van der Waals surface area contributed by atoms with Gasteiger partial charge in [-0.2, -0.15) is 0 Å². The van der Waals surface area contributed by atoms with Gasteiger partial charge in [-0.05, 0) is 44.8 Å². The summed E-state index contributed by atoms with van der Waals surface area (Å²) in [6.45, 7) is 0. The first-order valence-electron chi connectivity index (χ1n) is 7.21. The fourth-order valence-electron chi connectivity index (χ4n) is 3.61. The van der Waals surface area contributed by atoms with Gasteiger partial charge in [0.1, 0.15) is 24.4 Å². The number of aliphatic hydroxyl groups excluding tert-OH is 2. The average molecular weight is 278 g/mol. The quantitative estimate of drug-likeness (QED) is 0.491. The average Bonchev–Trinajstić information content (AvgIpc) is 3.30. The van der Waals surface area contributed by atoms with Crippen LogP contribution in [0, 0.1) is 0 Å². The summed E-state index contributed by atoms with van der Waals surface area (Å²) in [5, 5.41) is 24.9. The lowest BCUT2D eigenvalue weighted by Gasteiger charge is -2.24. The highest BCUT2D eigenvalue weighted by molar-refractivity contribution is 6.00. The highest BCUT2D eigenvalue weighted by Gasteiger charge is 2.54. The predicted octanol–water partition coefficient (Wildman–Crippen LogP) is 2.84. The molecule has 0 aromatic heterocycles. The maximum absolute atomic E-state index is 10.3. The van der Waals surface area contributed by atoms with Gasteiger partial charge in [0.15, 0.2) is 0 Å². The van der Waals surface area contributed by atoms with Crippen LogP contribution in [0.4, 0.5) is 0 Å². The Kier molecular flexibility index (Phi) is 2.13. The second-order valence-corrected chi connectivity index (χ2v) is 5.95. The number of rotatable bonds is 0. The van der Waals surface area contributed by atoms with Crippen LogP contribution in [-0.2, 0) is 4.74 Å². The molecule has 1 aliphatic heterocycles. The summed E-state index contributed by atoms with van der Waals surface area (Å²) in [4.78, 5) is 0. The van der Waals surface area contributed by atoms with Gasteiger partial charge in [0.05, 0.1) is 0 Å². The van der Waals surface area contributed by atoms with Crippen LogP contribution in [0.2, 0.25) is 0 Å². The Balaban J connectivity index is 1.87. The van der Waals surface area contributed by atoms with Crippen LogP contribution < -0.4 is 0 Å². The maximum atomic E-state index is 10.3. The van der Waals surface area contributed by atoms with E-state index in [4.69, 9.17) is 4.74 Å². The van der Waals surface area contributed by atoms with E-state index in [0.717, 1.165) is 21.9 Å². The smallest absolute Gasteiger partial charge is 0.118 e. The Bertz CT molecular complexity index is 886. The van der Waals surface area contributed by atoms with Crippen LogP contribution in [-0.4, -0.2) is 22.4 Å². The topological polar surface area (TPSA) is 53.0 Å². The van der Waals surface area contributed by atoms with Crippen LogP contribution >= 0.6 is 0 Å². The lowest BCUT2D eigenvalue weighted by Crippen LogP contribution is -2.29. The molecule has 104 valence electrons. The Morgan fingerprint density at radius 2 is 1.62 bits per heavy atom. The minimum Gasteiger partial charge on any atom is -0.387 e. The van der Waals surface area contributed by atoms with E-state index in [1.807, 2.05) is 24.3 Å². The van der Waals surface area contributed by atoms with Gasteiger partial charge < -0.3 is 14.9 Å². The Morgan fingerprint density at radius 3 is 2.43 bits per heavy atom. The third kappa shape index (κ3) is 1.48. The standard InChI is InChI=1S/C18H14O3/c19-15-12-6-5-11-7-9-3-1-2-4-10(9)8-13(11)14(12)17-18(21-17)16(15)20/h1-8,15-20H. The van der Waals surface area contributed by atoms with Crippen molar-refractivity contribution in [2.24, 2.45) is 0 Å². The second-order valence-electron chi connectivity index (χ2n) is 5.95. The summed E-state index contributed by atoms with van der Waals surface area (Å²) in [6.07, 6.45) is -2.02. The monoisotopic (exact) mass is 278 g/mol. The SMILES string of the molecule is OC1c2ccc3cc4ccccc4cc3c2C2OC2C1O. The molecular formula is C18H14O3. The molecule has 5 rings (SSSR count). The van der Waals surface area contributed by atoms with Gasteiger partial charge in [-0.15, -0.1) is 0 Å². The number of hydrogen-bond donors (Lipinski definition) is 2. The molecule has 3 aromatic rings.